The molecule has 4 rings (SSSR count). The average molecular weight is 379 g/mol. The van der Waals surface area contributed by atoms with Crippen LogP contribution in [0.15, 0.2) is 42.5 Å². The standard InChI is InChI=1S/C21H21N3O2S/c1-13-4-7-16(8-5-13)21(25)22-20-17-11-27(26)12-18(17)23-24(20)19-9-6-14(2)10-15(19)3/h4-10H,11-12H2,1-3H3,(H,22,25)/t27-/m0/s1. The van der Waals surface area contributed by atoms with Gasteiger partial charge in [0.15, 0.2) is 0 Å². The molecule has 0 radical (unpaired) electrons. The van der Waals surface area contributed by atoms with Crippen LogP contribution in [0.1, 0.15) is 38.3 Å². The van der Waals surface area contributed by atoms with Crippen LogP contribution < -0.4 is 5.32 Å². The maximum absolute atomic E-state index is 12.8. The van der Waals surface area contributed by atoms with Crippen LogP contribution in [-0.2, 0) is 22.3 Å². The molecular formula is C21H21N3O2S. The third-order valence-electron chi connectivity index (χ3n) is 4.80. The van der Waals surface area contributed by atoms with E-state index in [2.05, 4.69) is 16.5 Å². The average Bonchev–Trinajstić information content (AvgIpc) is 3.13. The van der Waals surface area contributed by atoms with Crippen LogP contribution in [0.4, 0.5) is 5.82 Å². The molecule has 1 aliphatic rings. The van der Waals surface area contributed by atoms with Gasteiger partial charge in [0.1, 0.15) is 5.82 Å². The second-order valence-electron chi connectivity index (χ2n) is 7.02. The summed E-state index contributed by atoms with van der Waals surface area (Å²) in [5, 5.41) is 7.69. The molecule has 1 amide bonds. The number of carbonyl (C=O) groups is 1. The summed E-state index contributed by atoms with van der Waals surface area (Å²) in [6.07, 6.45) is 0. The summed E-state index contributed by atoms with van der Waals surface area (Å²) in [6.45, 7) is 6.06. The summed E-state index contributed by atoms with van der Waals surface area (Å²) in [5.41, 5.74) is 6.51. The number of benzene rings is 2. The van der Waals surface area contributed by atoms with Crippen molar-refractivity contribution in [2.75, 3.05) is 5.32 Å². The van der Waals surface area contributed by atoms with Gasteiger partial charge in [-0.05, 0) is 44.5 Å². The van der Waals surface area contributed by atoms with Crippen molar-refractivity contribution in [2.45, 2.75) is 32.3 Å². The zero-order valence-electron chi connectivity index (χ0n) is 15.6. The number of rotatable bonds is 3. The summed E-state index contributed by atoms with van der Waals surface area (Å²) in [6, 6.07) is 13.6. The second-order valence-corrected chi connectivity index (χ2v) is 8.48. The molecule has 0 spiro atoms. The molecule has 3 aromatic rings. The molecule has 0 saturated heterocycles. The van der Waals surface area contributed by atoms with Crippen LogP contribution >= 0.6 is 0 Å². The predicted molar refractivity (Wildman–Crippen MR) is 108 cm³/mol. The predicted octanol–water partition coefficient (Wildman–Crippen LogP) is 3.81. The molecule has 0 bridgehead atoms. The molecule has 2 heterocycles. The van der Waals surface area contributed by atoms with Gasteiger partial charge < -0.3 is 5.32 Å². The molecule has 0 aliphatic carbocycles. The van der Waals surface area contributed by atoms with E-state index < -0.39 is 10.8 Å². The minimum absolute atomic E-state index is 0.193. The van der Waals surface area contributed by atoms with E-state index in [1.165, 1.54) is 5.56 Å². The van der Waals surface area contributed by atoms with Gasteiger partial charge in [-0.2, -0.15) is 5.10 Å². The lowest BCUT2D eigenvalue weighted by atomic mass is 10.1. The Morgan fingerprint density at radius 1 is 1.04 bits per heavy atom. The molecule has 1 N–H and O–H groups in total. The van der Waals surface area contributed by atoms with Crippen molar-refractivity contribution >= 4 is 22.5 Å². The van der Waals surface area contributed by atoms with Gasteiger partial charge >= 0.3 is 0 Å². The fourth-order valence-corrected chi connectivity index (χ4v) is 4.62. The molecule has 1 aromatic heterocycles. The van der Waals surface area contributed by atoms with Crippen LogP contribution in [0, 0.1) is 20.8 Å². The van der Waals surface area contributed by atoms with E-state index >= 15 is 0 Å². The fourth-order valence-electron chi connectivity index (χ4n) is 3.36. The first-order valence-corrected chi connectivity index (χ1v) is 10.3. The van der Waals surface area contributed by atoms with Crippen molar-refractivity contribution in [3.63, 3.8) is 0 Å². The summed E-state index contributed by atoms with van der Waals surface area (Å²) in [7, 11) is -0.962. The highest BCUT2D eigenvalue weighted by atomic mass is 32.2. The Morgan fingerprint density at radius 3 is 2.44 bits per heavy atom. The molecule has 1 atom stereocenters. The first-order valence-electron chi connectivity index (χ1n) is 8.84. The lowest BCUT2D eigenvalue weighted by molar-refractivity contribution is 0.102. The summed E-state index contributed by atoms with van der Waals surface area (Å²) in [5.74, 6) is 1.28. The van der Waals surface area contributed by atoms with Gasteiger partial charge in [0.05, 0.1) is 22.9 Å². The van der Waals surface area contributed by atoms with Crippen LogP contribution in [0.2, 0.25) is 0 Å². The lowest BCUT2D eigenvalue weighted by Crippen LogP contribution is -2.17. The molecule has 27 heavy (non-hydrogen) atoms. The normalized spacial score (nSPS) is 15.6. The number of aromatic nitrogens is 2. The molecule has 0 unspecified atom stereocenters. The second kappa shape index (κ2) is 6.78. The SMILES string of the molecule is Cc1ccc(C(=O)Nc2c3c(nn2-c2ccc(C)cc2C)C[S@@](=O)C3)cc1. The Morgan fingerprint density at radius 2 is 1.74 bits per heavy atom. The first kappa shape index (κ1) is 17.7. The zero-order chi connectivity index (χ0) is 19.1. The number of fused-ring (bicyclic) bond motifs is 1. The minimum atomic E-state index is -0.962. The van der Waals surface area contributed by atoms with Gasteiger partial charge in [-0.25, -0.2) is 4.68 Å². The monoisotopic (exact) mass is 379 g/mol. The van der Waals surface area contributed by atoms with E-state index in [0.717, 1.165) is 28.1 Å². The van der Waals surface area contributed by atoms with E-state index in [0.29, 0.717) is 22.9 Å². The van der Waals surface area contributed by atoms with E-state index in [1.807, 2.05) is 45.0 Å². The van der Waals surface area contributed by atoms with Crippen LogP contribution in [-0.4, -0.2) is 19.9 Å². The molecule has 0 saturated carbocycles. The number of nitrogens with zero attached hydrogens (tertiary/aromatic N) is 2. The minimum Gasteiger partial charge on any atom is -0.306 e. The van der Waals surface area contributed by atoms with Crippen LogP contribution in [0.25, 0.3) is 5.69 Å². The largest absolute Gasteiger partial charge is 0.306 e. The Labute approximate surface area is 160 Å². The van der Waals surface area contributed by atoms with Crippen molar-refractivity contribution in [2.24, 2.45) is 0 Å². The van der Waals surface area contributed by atoms with Crippen LogP contribution in [0.3, 0.4) is 0 Å². The van der Waals surface area contributed by atoms with Crippen LogP contribution in [0.5, 0.6) is 0 Å². The highest BCUT2D eigenvalue weighted by molar-refractivity contribution is 7.83. The van der Waals surface area contributed by atoms with Gasteiger partial charge in [-0.3, -0.25) is 9.00 Å². The number of anilines is 1. The molecule has 1 aliphatic heterocycles. The zero-order valence-corrected chi connectivity index (χ0v) is 16.4. The number of hydrogen-bond donors (Lipinski definition) is 1. The summed E-state index contributed by atoms with van der Waals surface area (Å²) < 4.78 is 13.8. The van der Waals surface area contributed by atoms with Gasteiger partial charge in [0, 0.05) is 21.9 Å². The molecule has 2 aromatic carbocycles. The molecule has 0 fully saturated rings. The Bertz CT molecular complexity index is 1070. The fraction of sp³-hybridized carbons (Fsp3) is 0.238. The van der Waals surface area contributed by atoms with Crippen molar-refractivity contribution in [3.8, 4) is 5.69 Å². The van der Waals surface area contributed by atoms with E-state index in [1.54, 1.807) is 16.8 Å². The van der Waals surface area contributed by atoms with Crippen molar-refractivity contribution in [1.82, 2.24) is 9.78 Å². The Hall–Kier alpha value is -2.73. The van der Waals surface area contributed by atoms with E-state index in [-0.39, 0.29) is 5.91 Å². The van der Waals surface area contributed by atoms with Gasteiger partial charge in [0.2, 0.25) is 0 Å². The smallest absolute Gasteiger partial charge is 0.256 e. The highest BCUT2D eigenvalue weighted by Gasteiger charge is 2.28. The van der Waals surface area contributed by atoms with Gasteiger partial charge in [-0.15, -0.1) is 0 Å². The van der Waals surface area contributed by atoms with Crippen molar-refractivity contribution < 1.29 is 9.00 Å². The number of aryl methyl sites for hydroxylation is 3. The van der Waals surface area contributed by atoms with Crippen molar-refractivity contribution in [3.05, 3.63) is 76.0 Å². The number of nitrogens with one attached hydrogen (secondary N) is 1. The quantitative estimate of drug-likeness (QED) is 0.753. The Kier molecular flexibility index (Phi) is 4.44. The maximum Gasteiger partial charge on any atom is 0.256 e. The third-order valence-corrected chi connectivity index (χ3v) is 6.00. The number of hydrogen-bond acceptors (Lipinski definition) is 3. The third kappa shape index (κ3) is 3.32. The van der Waals surface area contributed by atoms with Gasteiger partial charge in [0.25, 0.3) is 5.91 Å². The first-order chi connectivity index (χ1) is 12.9. The van der Waals surface area contributed by atoms with Gasteiger partial charge in [-0.1, -0.05) is 35.4 Å². The molecule has 138 valence electrons. The molecule has 6 heteroatoms. The molecular weight excluding hydrogens is 358 g/mol. The van der Waals surface area contributed by atoms with Crippen molar-refractivity contribution in [1.29, 1.82) is 0 Å². The molecule has 5 nitrogen and oxygen atoms in total. The number of amides is 1. The highest BCUT2D eigenvalue weighted by Crippen LogP contribution is 2.32. The topological polar surface area (TPSA) is 64.0 Å². The lowest BCUT2D eigenvalue weighted by Gasteiger charge is -2.13. The maximum atomic E-state index is 12.8. The van der Waals surface area contributed by atoms with E-state index in [9.17, 15) is 9.00 Å². The van der Waals surface area contributed by atoms with E-state index in [4.69, 9.17) is 0 Å². The summed E-state index contributed by atoms with van der Waals surface area (Å²) in [4.78, 5) is 12.8. The Balaban J connectivity index is 1.77. The number of carbonyl (C=O) groups excluding carboxylic acids is 1. The summed E-state index contributed by atoms with van der Waals surface area (Å²) >= 11 is 0.